The van der Waals surface area contributed by atoms with Crippen LogP contribution in [0.3, 0.4) is 0 Å². The lowest BCUT2D eigenvalue weighted by atomic mass is 10.2. The van der Waals surface area contributed by atoms with Crippen LogP contribution in [0.15, 0.2) is 23.3 Å². The lowest BCUT2D eigenvalue weighted by molar-refractivity contribution is 0.0958. The number of thiophene rings is 1. The number of nitrogens with zero attached hydrogens (tertiary/aromatic N) is 4. The van der Waals surface area contributed by atoms with Crippen molar-refractivity contribution in [2.45, 2.75) is 39.2 Å². The smallest absolute Gasteiger partial charge is 0.262 e. The Morgan fingerprint density at radius 3 is 2.86 bits per heavy atom. The summed E-state index contributed by atoms with van der Waals surface area (Å²) >= 11 is 1.30. The molecule has 0 radical (unpaired) electrons. The Bertz CT molecular complexity index is 1060. The van der Waals surface area contributed by atoms with E-state index in [2.05, 4.69) is 20.6 Å². The van der Waals surface area contributed by atoms with E-state index >= 15 is 0 Å². The molecule has 3 aromatic rings. The van der Waals surface area contributed by atoms with E-state index in [1.165, 1.54) is 11.3 Å². The summed E-state index contributed by atoms with van der Waals surface area (Å²) < 4.78 is 1.79. The number of hydrogen-bond donors (Lipinski definition) is 2. The fourth-order valence-corrected chi connectivity index (χ4v) is 4.55. The van der Waals surface area contributed by atoms with Crippen molar-refractivity contribution in [2.24, 2.45) is 0 Å². The summed E-state index contributed by atoms with van der Waals surface area (Å²) in [6.45, 7) is 3.47. The molecule has 0 spiro atoms. The van der Waals surface area contributed by atoms with Gasteiger partial charge in [0.1, 0.15) is 10.7 Å². The summed E-state index contributed by atoms with van der Waals surface area (Å²) in [7, 11) is 0. The molecule has 0 unspecified atom stereocenters. The number of nitrogens with one attached hydrogen (secondary N) is 2. The minimum Gasteiger partial charge on any atom is -0.352 e. The number of fused-ring (bicyclic) bond motifs is 2. The standard InChI is InChI=1S/C19H22N6O2S/c1-12-14-17(24-13-6-3-2-4-11-25(13)18(14)27)28-15(12)16(26)20-9-10-23-19-21-7-5-8-22-19/h5,7-8H,2-4,6,9-11H2,1H3,(H,20,26)(H,21,22,23). The van der Waals surface area contributed by atoms with Crippen molar-refractivity contribution in [3.8, 4) is 0 Å². The molecule has 0 fully saturated rings. The molecule has 0 aliphatic carbocycles. The van der Waals surface area contributed by atoms with Gasteiger partial charge in [0.2, 0.25) is 5.95 Å². The van der Waals surface area contributed by atoms with E-state index in [9.17, 15) is 9.59 Å². The molecule has 0 aromatic carbocycles. The molecule has 0 saturated carbocycles. The predicted molar refractivity (Wildman–Crippen MR) is 109 cm³/mol. The van der Waals surface area contributed by atoms with Crippen LogP contribution in [0.2, 0.25) is 0 Å². The highest BCUT2D eigenvalue weighted by Crippen LogP contribution is 2.28. The van der Waals surface area contributed by atoms with Crippen molar-refractivity contribution in [2.75, 3.05) is 18.4 Å². The molecule has 1 aliphatic rings. The average Bonchev–Trinajstić information content (AvgIpc) is 2.88. The Morgan fingerprint density at radius 2 is 2.04 bits per heavy atom. The van der Waals surface area contributed by atoms with Crippen molar-refractivity contribution in [3.63, 3.8) is 0 Å². The van der Waals surface area contributed by atoms with Crippen molar-refractivity contribution < 1.29 is 4.79 Å². The molecule has 9 heteroatoms. The third kappa shape index (κ3) is 3.62. The fourth-order valence-electron chi connectivity index (χ4n) is 3.45. The number of aryl methyl sites for hydroxylation is 2. The third-order valence-corrected chi connectivity index (χ3v) is 6.06. The molecule has 28 heavy (non-hydrogen) atoms. The van der Waals surface area contributed by atoms with Crippen LogP contribution in [0.5, 0.6) is 0 Å². The van der Waals surface area contributed by atoms with Crippen LogP contribution in [0.25, 0.3) is 10.2 Å². The summed E-state index contributed by atoms with van der Waals surface area (Å²) in [5, 5.41) is 6.51. The van der Waals surface area contributed by atoms with Gasteiger partial charge in [-0.1, -0.05) is 6.42 Å². The van der Waals surface area contributed by atoms with Gasteiger partial charge in [-0.25, -0.2) is 15.0 Å². The van der Waals surface area contributed by atoms with Crippen molar-refractivity contribution in [1.82, 2.24) is 24.8 Å². The fraction of sp³-hybridized carbons (Fsp3) is 0.421. The van der Waals surface area contributed by atoms with Gasteiger partial charge in [-0.15, -0.1) is 11.3 Å². The molecule has 2 N–H and O–H groups in total. The van der Waals surface area contributed by atoms with Crippen LogP contribution in [0, 0.1) is 6.92 Å². The highest BCUT2D eigenvalue weighted by Gasteiger charge is 2.22. The first-order valence-electron chi connectivity index (χ1n) is 9.47. The van der Waals surface area contributed by atoms with Crippen molar-refractivity contribution in [3.05, 3.63) is 45.1 Å². The van der Waals surface area contributed by atoms with E-state index in [0.717, 1.165) is 31.5 Å². The van der Waals surface area contributed by atoms with Gasteiger partial charge in [0.25, 0.3) is 11.5 Å². The SMILES string of the molecule is Cc1c(C(=O)NCCNc2ncccn2)sc2nc3n(c(=O)c12)CCCCC3. The minimum absolute atomic E-state index is 0.0161. The quantitative estimate of drug-likeness (QED) is 0.639. The van der Waals surface area contributed by atoms with Crippen LogP contribution in [0.4, 0.5) is 5.95 Å². The van der Waals surface area contributed by atoms with Crippen LogP contribution < -0.4 is 16.2 Å². The number of rotatable bonds is 5. The number of amides is 1. The summed E-state index contributed by atoms with van der Waals surface area (Å²) in [6.07, 6.45) is 7.29. The Kier molecular flexibility index (Phi) is 5.34. The van der Waals surface area contributed by atoms with Gasteiger partial charge in [-0.3, -0.25) is 14.2 Å². The Balaban J connectivity index is 1.50. The Hall–Kier alpha value is -2.81. The number of carbonyl (C=O) groups excluding carboxylic acids is 1. The molecule has 0 atom stereocenters. The molecular formula is C19H22N6O2S. The van der Waals surface area contributed by atoms with E-state index in [0.29, 0.717) is 46.2 Å². The lowest BCUT2D eigenvalue weighted by Crippen LogP contribution is -2.29. The van der Waals surface area contributed by atoms with Crippen LogP contribution in [0.1, 0.15) is 40.3 Å². The van der Waals surface area contributed by atoms with E-state index in [1.54, 1.807) is 23.0 Å². The number of anilines is 1. The first-order chi connectivity index (χ1) is 13.6. The molecule has 4 rings (SSSR count). The largest absolute Gasteiger partial charge is 0.352 e. The molecule has 3 aromatic heterocycles. The van der Waals surface area contributed by atoms with E-state index < -0.39 is 0 Å². The zero-order valence-electron chi connectivity index (χ0n) is 15.7. The second-order valence-electron chi connectivity index (χ2n) is 6.79. The summed E-state index contributed by atoms with van der Waals surface area (Å²) in [6, 6.07) is 1.74. The average molecular weight is 398 g/mol. The van der Waals surface area contributed by atoms with Crippen molar-refractivity contribution in [1.29, 1.82) is 0 Å². The van der Waals surface area contributed by atoms with Gasteiger partial charge >= 0.3 is 0 Å². The van der Waals surface area contributed by atoms with E-state index in [4.69, 9.17) is 4.98 Å². The number of carbonyl (C=O) groups is 1. The molecule has 1 aliphatic heterocycles. The van der Waals surface area contributed by atoms with E-state index in [-0.39, 0.29) is 11.5 Å². The summed E-state index contributed by atoms with van der Waals surface area (Å²) in [5.74, 6) is 1.18. The topological polar surface area (TPSA) is 102 Å². The maximum Gasteiger partial charge on any atom is 0.262 e. The normalized spacial score (nSPS) is 13.8. The third-order valence-electron chi connectivity index (χ3n) is 4.88. The molecule has 1 amide bonds. The highest BCUT2D eigenvalue weighted by atomic mass is 32.1. The van der Waals surface area contributed by atoms with Crippen LogP contribution in [-0.4, -0.2) is 38.5 Å². The zero-order chi connectivity index (χ0) is 19.5. The molecule has 8 nitrogen and oxygen atoms in total. The van der Waals surface area contributed by atoms with Crippen LogP contribution in [-0.2, 0) is 13.0 Å². The van der Waals surface area contributed by atoms with Gasteiger partial charge in [0.15, 0.2) is 0 Å². The summed E-state index contributed by atoms with van der Waals surface area (Å²) in [5.41, 5.74) is 0.700. The van der Waals surface area contributed by atoms with Crippen molar-refractivity contribution >= 4 is 33.4 Å². The maximum absolute atomic E-state index is 13.0. The first kappa shape index (κ1) is 18.5. The van der Waals surface area contributed by atoms with Gasteiger partial charge in [0.05, 0.1) is 10.3 Å². The highest BCUT2D eigenvalue weighted by molar-refractivity contribution is 7.20. The van der Waals surface area contributed by atoms with Gasteiger partial charge in [-0.2, -0.15) is 0 Å². The maximum atomic E-state index is 13.0. The number of hydrogen-bond acceptors (Lipinski definition) is 7. The molecule has 4 heterocycles. The van der Waals surface area contributed by atoms with Gasteiger partial charge in [-0.05, 0) is 31.4 Å². The predicted octanol–water partition coefficient (Wildman–Crippen LogP) is 2.12. The molecule has 146 valence electrons. The second-order valence-corrected chi connectivity index (χ2v) is 7.79. The number of aromatic nitrogens is 4. The Morgan fingerprint density at radius 1 is 1.21 bits per heavy atom. The lowest BCUT2D eigenvalue weighted by Gasteiger charge is -2.08. The first-order valence-corrected chi connectivity index (χ1v) is 10.3. The monoisotopic (exact) mass is 398 g/mol. The zero-order valence-corrected chi connectivity index (χ0v) is 16.5. The molecule has 0 saturated heterocycles. The minimum atomic E-state index is -0.184. The van der Waals surface area contributed by atoms with Gasteiger partial charge in [0, 0.05) is 38.4 Å². The molecular weight excluding hydrogens is 376 g/mol. The van der Waals surface area contributed by atoms with E-state index in [1.807, 2.05) is 6.92 Å². The second kappa shape index (κ2) is 8.05. The Labute approximate surface area is 166 Å². The van der Waals surface area contributed by atoms with Gasteiger partial charge < -0.3 is 10.6 Å². The summed E-state index contributed by atoms with van der Waals surface area (Å²) in [4.78, 5) is 39.7. The molecule has 0 bridgehead atoms. The van der Waals surface area contributed by atoms with Crippen LogP contribution >= 0.6 is 11.3 Å².